The summed E-state index contributed by atoms with van der Waals surface area (Å²) < 4.78 is 2.32. The molecule has 2 saturated carbocycles. The second kappa shape index (κ2) is 3.80. The zero-order valence-corrected chi connectivity index (χ0v) is 10.8. The van der Waals surface area contributed by atoms with Crippen LogP contribution in [0.25, 0.3) is 0 Å². The van der Waals surface area contributed by atoms with E-state index in [1.54, 1.807) is 0 Å². The molecule has 94 valence electrons. The molecule has 1 unspecified atom stereocenters. The van der Waals surface area contributed by atoms with Crippen LogP contribution in [0.15, 0.2) is 0 Å². The van der Waals surface area contributed by atoms with Crippen LogP contribution in [0, 0.1) is 12.8 Å². The number of aryl methyl sites for hydroxylation is 1. The molecule has 2 aliphatic rings. The van der Waals surface area contributed by atoms with Gasteiger partial charge in [-0.2, -0.15) is 0 Å². The first-order chi connectivity index (χ1) is 8.10. The molecule has 2 N–H and O–H groups in total. The fraction of sp³-hybridized carbons (Fsp3) is 0.846. The number of hydrogen-bond donors (Lipinski definition) is 1. The fourth-order valence-electron chi connectivity index (χ4n) is 3.20. The van der Waals surface area contributed by atoms with Crippen LogP contribution in [0.4, 0.5) is 0 Å². The van der Waals surface area contributed by atoms with Crippen LogP contribution in [0.5, 0.6) is 0 Å². The number of nitrogens with two attached hydrogens (primary N) is 1. The van der Waals surface area contributed by atoms with Gasteiger partial charge in [0, 0.05) is 6.04 Å². The summed E-state index contributed by atoms with van der Waals surface area (Å²) in [5.74, 6) is 2.65. The first-order valence-corrected chi connectivity index (χ1v) is 6.81. The fourth-order valence-corrected chi connectivity index (χ4v) is 3.20. The Labute approximate surface area is 103 Å². The smallest absolute Gasteiger partial charge is 0.153 e. The van der Waals surface area contributed by atoms with Crippen molar-refractivity contribution in [2.45, 2.75) is 64.0 Å². The Bertz CT molecular complexity index is 411. The van der Waals surface area contributed by atoms with Crippen molar-refractivity contribution in [3.05, 3.63) is 11.6 Å². The zero-order chi connectivity index (χ0) is 12.0. The molecule has 17 heavy (non-hydrogen) atoms. The Morgan fingerprint density at radius 1 is 1.18 bits per heavy atom. The van der Waals surface area contributed by atoms with Crippen molar-refractivity contribution < 1.29 is 0 Å². The van der Waals surface area contributed by atoms with E-state index in [0.29, 0.717) is 12.0 Å². The molecule has 0 aromatic carbocycles. The lowest BCUT2D eigenvalue weighted by atomic mass is 9.95. The van der Waals surface area contributed by atoms with Crippen molar-refractivity contribution in [1.82, 2.24) is 14.8 Å². The Kier molecular flexibility index (Phi) is 2.51. The Morgan fingerprint density at radius 3 is 2.41 bits per heavy atom. The van der Waals surface area contributed by atoms with E-state index in [0.717, 1.165) is 11.6 Å². The van der Waals surface area contributed by atoms with E-state index in [4.69, 9.17) is 5.73 Å². The molecule has 1 aromatic heterocycles. The molecule has 0 amide bonds. The van der Waals surface area contributed by atoms with Gasteiger partial charge in [-0.25, -0.2) is 0 Å². The minimum atomic E-state index is -0.288. The van der Waals surface area contributed by atoms with Crippen molar-refractivity contribution in [2.75, 3.05) is 0 Å². The topological polar surface area (TPSA) is 56.7 Å². The van der Waals surface area contributed by atoms with Gasteiger partial charge in [-0.05, 0) is 45.4 Å². The van der Waals surface area contributed by atoms with Gasteiger partial charge < -0.3 is 10.3 Å². The number of aromatic nitrogens is 3. The zero-order valence-electron chi connectivity index (χ0n) is 10.8. The Balaban J connectivity index is 1.98. The second-order valence-electron chi connectivity index (χ2n) is 5.94. The van der Waals surface area contributed by atoms with Gasteiger partial charge in [0.25, 0.3) is 0 Å². The van der Waals surface area contributed by atoms with Gasteiger partial charge in [0.05, 0.1) is 5.54 Å². The molecule has 2 fully saturated rings. The summed E-state index contributed by atoms with van der Waals surface area (Å²) in [5, 5.41) is 8.65. The maximum Gasteiger partial charge on any atom is 0.153 e. The van der Waals surface area contributed by atoms with Gasteiger partial charge in [-0.15, -0.1) is 10.2 Å². The van der Waals surface area contributed by atoms with Gasteiger partial charge in [-0.1, -0.05) is 12.8 Å². The summed E-state index contributed by atoms with van der Waals surface area (Å²) in [6.45, 7) is 4.18. The van der Waals surface area contributed by atoms with Gasteiger partial charge >= 0.3 is 0 Å². The number of rotatable bonds is 3. The molecule has 3 rings (SSSR count). The van der Waals surface area contributed by atoms with Crippen molar-refractivity contribution in [3.8, 4) is 0 Å². The molecule has 0 bridgehead atoms. The number of hydrogen-bond acceptors (Lipinski definition) is 3. The molecule has 1 heterocycles. The lowest BCUT2D eigenvalue weighted by molar-refractivity contribution is 0.356. The van der Waals surface area contributed by atoms with E-state index in [1.807, 2.05) is 0 Å². The monoisotopic (exact) mass is 234 g/mol. The van der Waals surface area contributed by atoms with Crippen molar-refractivity contribution in [1.29, 1.82) is 0 Å². The summed E-state index contributed by atoms with van der Waals surface area (Å²) in [4.78, 5) is 0. The summed E-state index contributed by atoms with van der Waals surface area (Å²) >= 11 is 0. The summed E-state index contributed by atoms with van der Waals surface area (Å²) in [6.07, 6.45) is 7.64. The SMILES string of the molecule is Cc1nnc(C(C)(N)C2CC2)n1C1CCCC1. The van der Waals surface area contributed by atoms with Gasteiger partial charge in [0.1, 0.15) is 5.82 Å². The number of nitrogens with zero attached hydrogens (tertiary/aromatic N) is 3. The first-order valence-electron chi connectivity index (χ1n) is 6.81. The van der Waals surface area contributed by atoms with E-state index < -0.39 is 0 Å². The normalized spacial score (nSPS) is 25.1. The largest absolute Gasteiger partial charge is 0.319 e. The van der Waals surface area contributed by atoms with Crippen molar-refractivity contribution in [2.24, 2.45) is 11.7 Å². The molecule has 1 aromatic rings. The van der Waals surface area contributed by atoms with E-state index in [9.17, 15) is 0 Å². The highest BCUT2D eigenvalue weighted by molar-refractivity contribution is 5.13. The maximum atomic E-state index is 6.50. The van der Waals surface area contributed by atoms with Gasteiger partial charge in [-0.3, -0.25) is 0 Å². The third kappa shape index (κ3) is 1.79. The van der Waals surface area contributed by atoms with Crippen LogP contribution in [-0.2, 0) is 5.54 Å². The predicted octanol–water partition coefficient (Wildman–Crippen LogP) is 2.29. The van der Waals surface area contributed by atoms with Crippen molar-refractivity contribution in [3.63, 3.8) is 0 Å². The lowest BCUT2D eigenvalue weighted by Gasteiger charge is -2.27. The summed E-state index contributed by atoms with van der Waals surface area (Å²) in [6, 6.07) is 0.585. The second-order valence-corrected chi connectivity index (χ2v) is 5.94. The predicted molar refractivity (Wildman–Crippen MR) is 66.5 cm³/mol. The summed E-state index contributed by atoms with van der Waals surface area (Å²) in [5.41, 5.74) is 6.21. The van der Waals surface area contributed by atoms with Crippen LogP contribution >= 0.6 is 0 Å². The minimum Gasteiger partial charge on any atom is -0.319 e. The average Bonchev–Trinajstić information content (AvgIpc) is 2.88. The molecular formula is C13H22N4. The van der Waals surface area contributed by atoms with Crippen molar-refractivity contribution >= 4 is 0 Å². The molecule has 1 atom stereocenters. The Morgan fingerprint density at radius 2 is 1.82 bits per heavy atom. The minimum absolute atomic E-state index is 0.288. The van der Waals surface area contributed by atoms with E-state index in [1.165, 1.54) is 38.5 Å². The highest BCUT2D eigenvalue weighted by Gasteiger charge is 2.44. The third-order valence-corrected chi connectivity index (χ3v) is 4.46. The molecular weight excluding hydrogens is 212 g/mol. The molecule has 4 nitrogen and oxygen atoms in total. The van der Waals surface area contributed by atoms with Crippen LogP contribution in [0.3, 0.4) is 0 Å². The van der Waals surface area contributed by atoms with Crippen LogP contribution < -0.4 is 5.73 Å². The summed E-state index contributed by atoms with van der Waals surface area (Å²) in [7, 11) is 0. The van der Waals surface area contributed by atoms with E-state index in [2.05, 4.69) is 28.6 Å². The molecule has 0 radical (unpaired) electrons. The molecule has 0 spiro atoms. The maximum absolute atomic E-state index is 6.50. The quantitative estimate of drug-likeness (QED) is 0.873. The van der Waals surface area contributed by atoms with Gasteiger partial charge in [0.2, 0.25) is 0 Å². The van der Waals surface area contributed by atoms with Crippen LogP contribution in [0.1, 0.15) is 63.1 Å². The molecule has 0 aliphatic heterocycles. The van der Waals surface area contributed by atoms with Gasteiger partial charge in [0.15, 0.2) is 5.82 Å². The van der Waals surface area contributed by atoms with Crippen LogP contribution in [-0.4, -0.2) is 14.8 Å². The lowest BCUT2D eigenvalue weighted by Crippen LogP contribution is -2.39. The molecule has 0 saturated heterocycles. The molecule has 2 aliphatic carbocycles. The standard InChI is InChI=1S/C13H22N4/c1-9-15-16-12(13(2,14)10-7-8-10)17(9)11-5-3-4-6-11/h10-11H,3-8,14H2,1-2H3. The third-order valence-electron chi connectivity index (χ3n) is 4.46. The van der Waals surface area contributed by atoms with E-state index >= 15 is 0 Å². The first kappa shape index (κ1) is 11.2. The average molecular weight is 234 g/mol. The van der Waals surface area contributed by atoms with Crippen LogP contribution in [0.2, 0.25) is 0 Å². The van der Waals surface area contributed by atoms with E-state index in [-0.39, 0.29) is 5.54 Å². The highest BCUT2D eigenvalue weighted by atomic mass is 15.3. The highest BCUT2D eigenvalue weighted by Crippen LogP contribution is 2.44. The Hall–Kier alpha value is -0.900. The molecule has 4 heteroatoms.